The number of hydrogen-bond acceptors (Lipinski definition) is 4. The maximum absolute atomic E-state index is 12.1. The summed E-state index contributed by atoms with van der Waals surface area (Å²) in [4.78, 5) is 22.8. The lowest BCUT2D eigenvalue weighted by atomic mass is 10.1. The molecule has 1 amide bonds. The highest BCUT2D eigenvalue weighted by atomic mass is 16.6. The van der Waals surface area contributed by atoms with Gasteiger partial charge < -0.3 is 10.6 Å². The summed E-state index contributed by atoms with van der Waals surface area (Å²) in [5.41, 5.74) is 0.128. The van der Waals surface area contributed by atoms with Gasteiger partial charge in [-0.1, -0.05) is 6.07 Å². The first-order valence-corrected chi connectivity index (χ1v) is 6.30. The lowest BCUT2D eigenvalue weighted by Gasteiger charge is -2.13. The summed E-state index contributed by atoms with van der Waals surface area (Å²) in [5.74, 6) is -0.383. The predicted octanol–water partition coefficient (Wildman–Crippen LogP) is 2.31. The van der Waals surface area contributed by atoms with Gasteiger partial charge >= 0.3 is 5.69 Å². The third-order valence-electron chi connectivity index (χ3n) is 3.25. The van der Waals surface area contributed by atoms with Crippen LogP contribution in [0.15, 0.2) is 18.2 Å². The number of rotatable bonds is 5. The van der Waals surface area contributed by atoms with Crippen molar-refractivity contribution < 1.29 is 9.72 Å². The summed E-state index contributed by atoms with van der Waals surface area (Å²) in [7, 11) is 0. The van der Waals surface area contributed by atoms with Crippen molar-refractivity contribution in [1.29, 1.82) is 0 Å². The first kappa shape index (κ1) is 13.3. The van der Waals surface area contributed by atoms with Crippen molar-refractivity contribution in [3.05, 3.63) is 33.9 Å². The van der Waals surface area contributed by atoms with Crippen molar-refractivity contribution in [1.82, 2.24) is 5.32 Å². The maximum atomic E-state index is 12.1. The molecule has 1 fully saturated rings. The minimum Gasteiger partial charge on any atom is -0.380 e. The molecular weight excluding hydrogens is 246 g/mol. The molecule has 6 nitrogen and oxygen atoms in total. The van der Waals surface area contributed by atoms with Crippen molar-refractivity contribution in [2.75, 3.05) is 11.9 Å². The van der Waals surface area contributed by atoms with Gasteiger partial charge in [0.15, 0.2) is 0 Å². The normalized spacial score (nSPS) is 15.7. The highest BCUT2D eigenvalue weighted by molar-refractivity contribution is 6.01. The molecule has 102 valence electrons. The Labute approximate surface area is 111 Å². The van der Waals surface area contributed by atoms with E-state index < -0.39 is 4.92 Å². The summed E-state index contributed by atoms with van der Waals surface area (Å²) in [5, 5.41) is 16.9. The predicted molar refractivity (Wildman–Crippen MR) is 72.4 cm³/mol. The standard InChI is InChI=1S/C13H17N3O3/c1-3-14-10-6-4-5-9(11(10)16(18)19)12(17)15-13(2)7-8-13/h4-6,14H,3,7-8H2,1-2H3,(H,15,17). The molecule has 0 bridgehead atoms. The zero-order valence-electron chi connectivity index (χ0n) is 11.0. The Morgan fingerprint density at radius 3 is 2.68 bits per heavy atom. The van der Waals surface area contributed by atoms with Crippen LogP contribution >= 0.6 is 0 Å². The molecule has 1 aliphatic rings. The number of amides is 1. The number of nitrogens with one attached hydrogen (secondary N) is 2. The van der Waals surface area contributed by atoms with Gasteiger partial charge in [0.25, 0.3) is 5.91 Å². The second kappa shape index (κ2) is 4.87. The average Bonchev–Trinajstić information content (AvgIpc) is 3.06. The Balaban J connectivity index is 2.35. The molecule has 0 aromatic heterocycles. The molecule has 0 aliphatic heterocycles. The van der Waals surface area contributed by atoms with Gasteiger partial charge in [-0.3, -0.25) is 14.9 Å². The van der Waals surface area contributed by atoms with Crippen LogP contribution in [0.2, 0.25) is 0 Å². The van der Waals surface area contributed by atoms with Crippen LogP contribution in [-0.4, -0.2) is 22.9 Å². The van der Waals surface area contributed by atoms with Crippen molar-refractivity contribution >= 4 is 17.3 Å². The lowest BCUT2D eigenvalue weighted by molar-refractivity contribution is -0.384. The van der Waals surface area contributed by atoms with E-state index in [0.717, 1.165) is 12.8 Å². The number of nitro groups is 1. The molecule has 0 spiro atoms. The second-order valence-corrected chi connectivity index (χ2v) is 5.00. The highest BCUT2D eigenvalue weighted by Gasteiger charge is 2.40. The summed E-state index contributed by atoms with van der Waals surface area (Å²) in [6.45, 7) is 4.34. The lowest BCUT2D eigenvalue weighted by Crippen LogP contribution is -2.34. The van der Waals surface area contributed by atoms with E-state index in [1.807, 2.05) is 13.8 Å². The molecule has 0 saturated heterocycles. The van der Waals surface area contributed by atoms with Gasteiger partial charge in [-0.25, -0.2) is 0 Å². The van der Waals surface area contributed by atoms with E-state index in [0.29, 0.717) is 12.2 Å². The molecule has 1 aromatic carbocycles. The monoisotopic (exact) mass is 263 g/mol. The quantitative estimate of drug-likeness (QED) is 0.630. The zero-order chi connectivity index (χ0) is 14.0. The molecule has 0 radical (unpaired) electrons. The summed E-state index contributed by atoms with van der Waals surface area (Å²) >= 11 is 0. The van der Waals surface area contributed by atoms with Crippen LogP contribution in [0.3, 0.4) is 0 Å². The van der Waals surface area contributed by atoms with Crippen LogP contribution in [0.1, 0.15) is 37.0 Å². The largest absolute Gasteiger partial charge is 0.380 e. The molecule has 2 N–H and O–H groups in total. The van der Waals surface area contributed by atoms with Crippen LogP contribution in [0.4, 0.5) is 11.4 Å². The molecular formula is C13H17N3O3. The van der Waals surface area contributed by atoms with Crippen molar-refractivity contribution in [2.24, 2.45) is 0 Å². The fraction of sp³-hybridized carbons (Fsp3) is 0.462. The van der Waals surface area contributed by atoms with Crippen LogP contribution in [-0.2, 0) is 0 Å². The van der Waals surface area contributed by atoms with E-state index in [9.17, 15) is 14.9 Å². The first-order chi connectivity index (χ1) is 8.97. The van der Waals surface area contributed by atoms with E-state index in [1.165, 1.54) is 6.07 Å². The second-order valence-electron chi connectivity index (χ2n) is 5.00. The van der Waals surface area contributed by atoms with E-state index in [4.69, 9.17) is 0 Å². The molecule has 1 aromatic rings. The van der Waals surface area contributed by atoms with Gasteiger partial charge in [0.2, 0.25) is 0 Å². The molecule has 2 rings (SSSR count). The Morgan fingerprint density at radius 2 is 2.16 bits per heavy atom. The van der Waals surface area contributed by atoms with E-state index in [1.54, 1.807) is 12.1 Å². The fourth-order valence-electron chi connectivity index (χ4n) is 1.91. The summed E-state index contributed by atoms with van der Waals surface area (Å²) < 4.78 is 0. The third-order valence-corrected chi connectivity index (χ3v) is 3.25. The Bertz CT molecular complexity index is 524. The van der Waals surface area contributed by atoms with Gasteiger partial charge in [-0.2, -0.15) is 0 Å². The SMILES string of the molecule is CCNc1cccc(C(=O)NC2(C)CC2)c1[N+](=O)[O-]. The smallest absolute Gasteiger partial charge is 0.305 e. The van der Waals surface area contributed by atoms with Gasteiger partial charge in [-0.05, 0) is 38.8 Å². The molecule has 0 unspecified atom stereocenters. The number of carbonyl (C=O) groups excluding carboxylic acids is 1. The van der Waals surface area contributed by atoms with Gasteiger partial charge in [-0.15, -0.1) is 0 Å². The van der Waals surface area contributed by atoms with Crippen molar-refractivity contribution in [3.63, 3.8) is 0 Å². The van der Waals surface area contributed by atoms with Crippen LogP contribution in [0.5, 0.6) is 0 Å². The minimum absolute atomic E-state index is 0.108. The Hall–Kier alpha value is -2.11. The molecule has 0 heterocycles. The number of para-hydroxylation sites is 1. The third kappa shape index (κ3) is 2.83. The number of benzene rings is 1. The van der Waals surface area contributed by atoms with E-state index in [-0.39, 0.29) is 22.7 Å². The molecule has 0 atom stereocenters. The van der Waals surface area contributed by atoms with E-state index in [2.05, 4.69) is 10.6 Å². The number of nitrogens with zero attached hydrogens (tertiary/aromatic N) is 1. The summed E-state index contributed by atoms with van der Waals surface area (Å²) in [6.07, 6.45) is 1.83. The van der Waals surface area contributed by atoms with Gasteiger partial charge in [0, 0.05) is 12.1 Å². The number of nitro benzene ring substituents is 1. The zero-order valence-corrected chi connectivity index (χ0v) is 11.0. The topological polar surface area (TPSA) is 84.3 Å². The average molecular weight is 263 g/mol. The number of hydrogen-bond donors (Lipinski definition) is 2. The van der Waals surface area contributed by atoms with E-state index >= 15 is 0 Å². The number of anilines is 1. The molecule has 1 aliphatic carbocycles. The Morgan fingerprint density at radius 1 is 1.47 bits per heavy atom. The van der Waals surface area contributed by atoms with Gasteiger partial charge in [0.1, 0.15) is 11.3 Å². The van der Waals surface area contributed by atoms with Crippen LogP contribution in [0.25, 0.3) is 0 Å². The van der Waals surface area contributed by atoms with Crippen LogP contribution in [0, 0.1) is 10.1 Å². The highest BCUT2D eigenvalue weighted by Crippen LogP contribution is 2.36. The molecule has 6 heteroatoms. The first-order valence-electron chi connectivity index (χ1n) is 6.30. The fourth-order valence-corrected chi connectivity index (χ4v) is 1.91. The van der Waals surface area contributed by atoms with Crippen LogP contribution < -0.4 is 10.6 Å². The Kier molecular flexibility index (Phi) is 3.42. The van der Waals surface area contributed by atoms with Crippen molar-refractivity contribution in [2.45, 2.75) is 32.2 Å². The molecule has 1 saturated carbocycles. The van der Waals surface area contributed by atoms with Gasteiger partial charge in [0.05, 0.1) is 4.92 Å². The maximum Gasteiger partial charge on any atom is 0.305 e. The van der Waals surface area contributed by atoms with Crippen molar-refractivity contribution in [3.8, 4) is 0 Å². The summed E-state index contributed by atoms with van der Waals surface area (Å²) in [6, 6.07) is 4.74. The molecule has 19 heavy (non-hydrogen) atoms. The number of carbonyl (C=O) groups is 1. The minimum atomic E-state index is -0.512.